The molecule has 0 atom stereocenters. The van der Waals surface area contributed by atoms with E-state index in [1.807, 2.05) is 0 Å². The Kier molecular flexibility index (Phi) is 210. The van der Waals surface area contributed by atoms with E-state index < -0.39 is 0 Å². The molecule has 29 valence electrons. The first-order chi connectivity index (χ1) is 0. The maximum absolute atomic E-state index is 0. The van der Waals surface area contributed by atoms with Crippen molar-refractivity contribution < 1.29 is 65.2 Å². The SMILES string of the molecule is O.[Co].[Fe].[Hf]. The summed E-state index contributed by atoms with van der Waals surface area (Å²) in [6, 6.07) is 0. The molecular formula is H2CoFeHfO. The minimum atomic E-state index is 0. The smallest absolute Gasteiger partial charge is 0 e. The predicted molar refractivity (Wildman–Crippen MR) is 3.61 cm³/mol. The molecule has 0 aliphatic rings. The van der Waals surface area contributed by atoms with Crippen molar-refractivity contribution in [2.75, 3.05) is 0 Å². The molecule has 0 amide bonds. The largest absolute Gasteiger partial charge is 0.412 e. The summed E-state index contributed by atoms with van der Waals surface area (Å²) in [7, 11) is 0. The van der Waals surface area contributed by atoms with Crippen molar-refractivity contribution in [1.82, 2.24) is 0 Å². The van der Waals surface area contributed by atoms with Crippen molar-refractivity contribution in [1.29, 1.82) is 0 Å². The van der Waals surface area contributed by atoms with Gasteiger partial charge in [-0.3, -0.25) is 0 Å². The molecule has 4 heteroatoms. The summed E-state index contributed by atoms with van der Waals surface area (Å²) in [6.45, 7) is 0. The molecule has 2 N–H and O–H groups in total. The second-order valence-electron chi connectivity index (χ2n) is 0. The fourth-order valence-corrected chi connectivity index (χ4v) is 0. The van der Waals surface area contributed by atoms with Crippen LogP contribution in [0.1, 0.15) is 0 Å². The van der Waals surface area contributed by atoms with E-state index >= 15 is 0 Å². The van der Waals surface area contributed by atoms with Gasteiger partial charge < -0.3 is 5.48 Å². The molecular weight excluding hydrogens is 309 g/mol. The second-order valence-corrected chi connectivity index (χ2v) is 0. The average Bonchev–Trinajstić information content (AvgIpc) is 0. The molecule has 1 radical (unpaired) electrons. The molecule has 0 fully saturated rings. The molecule has 0 unspecified atom stereocenters. The molecule has 4 heavy (non-hydrogen) atoms. The molecule has 0 aromatic heterocycles. The van der Waals surface area contributed by atoms with Crippen molar-refractivity contribution >= 4 is 0 Å². The molecule has 0 saturated heterocycles. The maximum atomic E-state index is 0. The van der Waals surface area contributed by atoms with E-state index in [0.29, 0.717) is 0 Å². The van der Waals surface area contributed by atoms with Crippen LogP contribution in [0.4, 0.5) is 0 Å². The fraction of sp³-hybridized carbons (Fsp3) is 0. The summed E-state index contributed by atoms with van der Waals surface area (Å²) in [5, 5.41) is 0. The monoisotopic (exact) mass is 313 g/mol. The first-order valence-corrected chi connectivity index (χ1v) is 0. The molecule has 0 aliphatic carbocycles. The summed E-state index contributed by atoms with van der Waals surface area (Å²) in [5.41, 5.74) is 0. The zero-order valence-electron chi connectivity index (χ0n) is 1.69. The summed E-state index contributed by atoms with van der Waals surface area (Å²) >= 11 is 0. The van der Waals surface area contributed by atoms with E-state index in [1.54, 1.807) is 0 Å². The number of hydrogen-bond acceptors (Lipinski definition) is 0. The normalized spacial score (nSPS) is 0. The Balaban J connectivity index is 0. The van der Waals surface area contributed by atoms with Crippen LogP contribution in [0.5, 0.6) is 0 Å². The van der Waals surface area contributed by atoms with Gasteiger partial charge in [0.05, 0.1) is 0 Å². The molecule has 0 spiro atoms. The van der Waals surface area contributed by atoms with Crippen LogP contribution >= 0.6 is 0 Å². The first-order valence-electron chi connectivity index (χ1n) is 0. The third-order valence-electron chi connectivity index (χ3n) is 0. The molecule has 0 aromatic carbocycles. The minimum Gasteiger partial charge on any atom is -0.412 e. The Labute approximate surface area is 64.7 Å². The molecule has 0 aromatic rings. The summed E-state index contributed by atoms with van der Waals surface area (Å²) in [4.78, 5) is 0. The van der Waals surface area contributed by atoms with Crippen molar-refractivity contribution in [3.63, 3.8) is 0 Å². The first kappa shape index (κ1) is 40.1. The van der Waals surface area contributed by atoms with Crippen LogP contribution in [0.2, 0.25) is 0 Å². The molecule has 0 saturated carbocycles. The van der Waals surface area contributed by atoms with E-state index in [1.165, 1.54) is 0 Å². The Bertz CT molecular complexity index is 8.00. The van der Waals surface area contributed by atoms with Gasteiger partial charge in [-0.05, 0) is 0 Å². The van der Waals surface area contributed by atoms with Crippen LogP contribution in [-0.4, -0.2) is 5.48 Å². The van der Waals surface area contributed by atoms with Crippen LogP contribution in [0.25, 0.3) is 0 Å². The quantitative estimate of drug-likeness (QED) is 0.523. The van der Waals surface area contributed by atoms with Gasteiger partial charge in [-0.2, -0.15) is 0 Å². The van der Waals surface area contributed by atoms with E-state index in [2.05, 4.69) is 0 Å². The minimum absolute atomic E-state index is 0. The van der Waals surface area contributed by atoms with E-state index in [0.717, 1.165) is 0 Å². The number of hydrogen-bond donors (Lipinski definition) is 0. The van der Waals surface area contributed by atoms with Crippen LogP contribution in [-0.2, 0) is 59.7 Å². The van der Waals surface area contributed by atoms with E-state index in [4.69, 9.17) is 0 Å². The zero-order chi connectivity index (χ0) is 0. The van der Waals surface area contributed by atoms with Crippen LogP contribution in [0.15, 0.2) is 0 Å². The van der Waals surface area contributed by atoms with Crippen molar-refractivity contribution in [3.05, 3.63) is 0 Å². The third kappa shape index (κ3) is 9.13. The Morgan fingerprint density at radius 2 is 1.00 bits per heavy atom. The van der Waals surface area contributed by atoms with Crippen LogP contribution in [0, 0.1) is 0 Å². The third-order valence-corrected chi connectivity index (χ3v) is 0. The Hall–Kier alpha value is 1.86. The maximum Gasteiger partial charge on any atom is 0 e. The topological polar surface area (TPSA) is 31.5 Å². The van der Waals surface area contributed by atoms with Crippen molar-refractivity contribution in [3.8, 4) is 0 Å². The molecule has 1 nitrogen and oxygen atoms in total. The predicted octanol–water partition coefficient (Wildman–Crippen LogP) is -0.832. The van der Waals surface area contributed by atoms with Crippen LogP contribution in [0.3, 0.4) is 0 Å². The summed E-state index contributed by atoms with van der Waals surface area (Å²) in [5.74, 6) is 0. The van der Waals surface area contributed by atoms with E-state index in [-0.39, 0.29) is 65.2 Å². The van der Waals surface area contributed by atoms with Gasteiger partial charge in [0, 0.05) is 59.7 Å². The van der Waals surface area contributed by atoms with Gasteiger partial charge >= 0.3 is 0 Å². The van der Waals surface area contributed by atoms with Crippen LogP contribution < -0.4 is 0 Å². The van der Waals surface area contributed by atoms with E-state index in [9.17, 15) is 0 Å². The van der Waals surface area contributed by atoms with Gasteiger partial charge in [0.2, 0.25) is 0 Å². The molecule has 0 rings (SSSR count). The van der Waals surface area contributed by atoms with Crippen molar-refractivity contribution in [2.24, 2.45) is 0 Å². The molecule has 0 bridgehead atoms. The fourth-order valence-electron chi connectivity index (χ4n) is 0. The standard InChI is InChI=1S/Co.Fe.Hf.H2O/h;;;1H2. The average molecular weight is 311 g/mol. The summed E-state index contributed by atoms with van der Waals surface area (Å²) in [6.07, 6.45) is 0. The van der Waals surface area contributed by atoms with Gasteiger partial charge in [-0.25, -0.2) is 0 Å². The zero-order valence-corrected chi connectivity index (χ0v) is 7.42. The van der Waals surface area contributed by atoms with Gasteiger partial charge in [0.15, 0.2) is 0 Å². The van der Waals surface area contributed by atoms with Gasteiger partial charge in [0.25, 0.3) is 0 Å². The number of rotatable bonds is 0. The Morgan fingerprint density at radius 1 is 1.00 bits per heavy atom. The second kappa shape index (κ2) is 21.0. The van der Waals surface area contributed by atoms with Gasteiger partial charge in [-0.1, -0.05) is 0 Å². The summed E-state index contributed by atoms with van der Waals surface area (Å²) < 4.78 is 0. The van der Waals surface area contributed by atoms with Gasteiger partial charge in [-0.15, -0.1) is 0 Å². The molecule has 0 aliphatic heterocycles. The molecule has 0 heterocycles. The Morgan fingerprint density at radius 3 is 1.00 bits per heavy atom. The van der Waals surface area contributed by atoms with Crippen molar-refractivity contribution in [2.45, 2.75) is 0 Å². The van der Waals surface area contributed by atoms with Gasteiger partial charge in [0.1, 0.15) is 0 Å².